The fourth-order valence-corrected chi connectivity index (χ4v) is 5.58. The molecule has 0 bridgehead atoms. The third kappa shape index (κ3) is 4.96. The Morgan fingerprint density at radius 1 is 0.471 bits per heavy atom. The Morgan fingerprint density at radius 2 is 0.853 bits per heavy atom. The van der Waals surface area contributed by atoms with Gasteiger partial charge in [-0.1, -0.05) is 116 Å². The highest BCUT2D eigenvalue weighted by Gasteiger charge is 2.09. The number of rotatable bonds is 4. The van der Waals surface area contributed by atoms with Crippen LogP contribution in [0.25, 0.3) is 44.8 Å². The monoisotopic (exact) mass is 608 g/mol. The molecule has 5 aromatic rings. The molecule has 1 heterocycles. The maximum atomic E-state index is 6.08. The van der Waals surface area contributed by atoms with Crippen molar-refractivity contribution >= 4 is 55.1 Å². The summed E-state index contributed by atoms with van der Waals surface area (Å²) in [7, 11) is 0. The van der Waals surface area contributed by atoms with Crippen molar-refractivity contribution in [1.29, 1.82) is 0 Å². The van der Waals surface area contributed by atoms with E-state index in [-0.39, 0.29) is 0 Å². The highest BCUT2D eigenvalue weighted by molar-refractivity contribution is 9.11. The van der Waals surface area contributed by atoms with Crippen molar-refractivity contribution in [3.63, 3.8) is 0 Å². The van der Waals surface area contributed by atoms with E-state index in [1.165, 1.54) is 0 Å². The normalized spacial score (nSPS) is 10.9. The van der Waals surface area contributed by atoms with Gasteiger partial charge in [0, 0.05) is 30.1 Å². The number of halogens is 4. The molecule has 0 N–H and O–H groups in total. The van der Waals surface area contributed by atoms with Crippen LogP contribution in [0.15, 0.2) is 106 Å². The van der Waals surface area contributed by atoms with E-state index in [0.29, 0.717) is 10.0 Å². The SMILES string of the molecule is Clc1ccc(-c2ccc(-c3cc(-c4ccc(-c5ccc(Cl)cc5Br)cc4)ncn3)cc2)c(Br)c1. The molecule has 0 spiro atoms. The topological polar surface area (TPSA) is 25.8 Å². The minimum Gasteiger partial charge on any atom is -0.236 e. The van der Waals surface area contributed by atoms with Crippen LogP contribution in [-0.4, -0.2) is 9.97 Å². The van der Waals surface area contributed by atoms with Gasteiger partial charge in [0.1, 0.15) is 6.33 Å². The van der Waals surface area contributed by atoms with Crippen LogP contribution >= 0.6 is 55.1 Å². The molecule has 0 fully saturated rings. The summed E-state index contributed by atoms with van der Waals surface area (Å²) in [5.41, 5.74) is 8.18. The van der Waals surface area contributed by atoms with Crippen LogP contribution in [0.1, 0.15) is 0 Å². The minimum atomic E-state index is 0.703. The van der Waals surface area contributed by atoms with E-state index >= 15 is 0 Å². The number of benzene rings is 4. The number of hydrogen-bond donors (Lipinski definition) is 0. The fraction of sp³-hybridized carbons (Fsp3) is 0. The molecule has 0 saturated carbocycles. The maximum Gasteiger partial charge on any atom is 0.116 e. The summed E-state index contributed by atoms with van der Waals surface area (Å²) in [4.78, 5) is 8.99. The smallest absolute Gasteiger partial charge is 0.116 e. The van der Waals surface area contributed by atoms with Gasteiger partial charge in [-0.15, -0.1) is 0 Å². The molecule has 0 amide bonds. The van der Waals surface area contributed by atoms with E-state index < -0.39 is 0 Å². The van der Waals surface area contributed by atoms with Crippen LogP contribution in [0, 0.1) is 0 Å². The van der Waals surface area contributed by atoms with Crippen LogP contribution < -0.4 is 0 Å². The molecule has 0 radical (unpaired) electrons. The first-order valence-corrected chi connectivity index (χ1v) is 12.8. The maximum absolute atomic E-state index is 6.08. The molecule has 1 aromatic heterocycles. The molecule has 34 heavy (non-hydrogen) atoms. The first kappa shape index (κ1) is 23.3. The van der Waals surface area contributed by atoms with E-state index in [0.717, 1.165) is 53.7 Å². The van der Waals surface area contributed by atoms with E-state index in [4.69, 9.17) is 23.2 Å². The number of hydrogen-bond acceptors (Lipinski definition) is 2. The predicted octanol–water partition coefficient (Wildman–Crippen LogP) is 9.98. The lowest BCUT2D eigenvalue weighted by atomic mass is 10.0. The lowest BCUT2D eigenvalue weighted by Crippen LogP contribution is -1.90. The summed E-state index contributed by atoms with van der Waals surface area (Å²) in [5.74, 6) is 0. The van der Waals surface area contributed by atoms with E-state index in [1.54, 1.807) is 6.33 Å². The van der Waals surface area contributed by atoms with Gasteiger partial charge in [-0.25, -0.2) is 9.97 Å². The molecule has 0 aliphatic heterocycles. The third-order valence-corrected chi connectivity index (χ3v) is 7.30. The zero-order chi connectivity index (χ0) is 23.7. The Hall–Kier alpha value is -2.50. The molecule has 2 nitrogen and oxygen atoms in total. The van der Waals surface area contributed by atoms with Gasteiger partial charge in [0.15, 0.2) is 0 Å². The van der Waals surface area contributed by atoms with Crippen LogP contribution in [-0.2, 0) is 0 Å². The summed E-state index contributed by atoms with van der Waals surface area (Å²) in [5, 5.41) is 1.41. The average molecular weight is 611 g/mol. The average Bonchev–Trinajstić information content (AvgIpc) is 2.85. The molecule has 5 rings (SSSR count). The largest absolute Gasteiger partial charge is 0.236 e. The third-order valence-electron chi connectivity index (χ3n) is 5.51. The zero-order valence-electron chi connectivity index (χ0n) is 17.6. The molecule has 0 unspecified atom stereocenters. The molecule has 166 valence electrons. The Balaban J connectivity index is 1.41. The molecular weight excluding hydrogens is 595 g/mol. The molecular formula is C28H16Br2Cl2N2. The van der Waals surface area contributed by atoms with Crippen molar-refractivity contribution in [3.8, 4) is 44.8 Å². The summed E-state index contributed by atoms with van der Waals surface area (Å²) in [6.07, 6.45) is 1.61. The second kappa shape index (κ2) is 10.0. The summed E-state index contributed by atoms with van der Waals surface area (Å²) >= 11 is 19.3. The predicted molar refractivity (Wildman–Crippen MR) is 149 cm³/mol. The summed E-state index contributed by atoms with van der Waals surface area (Å²) in [6, 6.07) is 30.3. The van der Waals surface area contributed by atoms with Gasteiger partial charge in [-0.05, 0) is 52.6 Å². The van der Waals surface area contributed by atoms with E-state index in [9.17, 15) is 0 Å². The standard InChI is InChI=1S/C28H16Br2Cl2N2/c29-25-13-21(31)9-11-23(25)17-1-5-19(6-2-17)27-15-28(34-16-33-27)20-7-3-18(4-8-20)24-12-10-22(32)14-26(24)30/h1-16H. The lowest BCUT2D eigenvalue weighted by Gasteiger charge is -2.09. The van der Waals surface area contributed by atoms with Crippen LogP contribution in [0.3, 0.4) is 0 Å². The highest BCUT2D eigenvalue weighted by atomic mass is 79.9. The van der Waals surface area contributed by atoms with Gasteiger partial charge in [0.25, 0.3) is 0 Å². The number of aromatic nitrogens is 2. The van der Waals surface area contributed by atoms with Crippen molar-refractivity contribution in [2.24, 2.45) is 0 Å². The second-order valence-corrected chi connectivity index (χ2v) is 10.3. The quantitative estimate of drug-likeness (QED) is 0.202. The molecule has 0 aliphatic carbocycles. The van der Waals surface area contributed by atoms with Crippen LogP contribution in [0.2, 0.25) is 10.0 Å². The Kier molecular flexibility index (Phi) is 6.84. The van der Waals surface area contributed by atoms with Crippen molar-refractivity contribution in [3.05, 3.63) is 116 Å². The second-order valence-electron chi connectivity index (χ2n) is 7.69. The fourth-order valence-electron chi connectivity index (χ4n) is 3.76. The van der Waals surface area contributed by atoms with E-state index in [1.807, 2.05) is 42.5 Å². The van der Waals surface area contributed by atoms with Crippen molar-refractivity contribution in [2.45, 2.75) is 0 Å². The Morgan fingerprint density at radius 3 is 1.24 bits per heavy atom. The zero-order valence-corrected chi connectivity index (χ0v) is 22.3. The molecule has 0 atom stereocenters. The van der Waals surface area contributed by atoms with Gasteiger partial charge in [-0.2, -0.15) is 0 Å². The lowest BCUT2D eigenvalue weighted by molar-refractivity contribution is 1.18. The van der Waals surface area contributed by atoms with Gasteiger partial charge < -0.3 is 0 Å². The first-order chi connectivity index (χ1) is 16.5. The highest BCUT2D eigenvalue weighted by Crippen LogP contribution is 2.34. The Labute approximate surface area is 224 Å². The summed E-state index contributed by atoms with van der Waals surface area (Å²) < 4.78 is 1.93. The summed E-state index contributed by atoms with van der Waals surface area (Å²) in [6.45, 7) is 0. The molecule has 6 heteroatoms. The van der Waals surface area contributed by atoms with Crippen molar-refractivity contribution < 1.29 is 0 Å². The van der Waals surface area contributed by atoms with Gasteiger partial charge >= 0.3 is 0 Å². The van der Waals surface area contributed by atoms with Gasteiger partial charge in [0.2, 0.25) is 0 Å². The van der Waals surface area contributed by atoms with Gasteiger partial charge in [-0.3, -0.25) is 0 Å². The molecule has 0 aliphatic rings. The molecule has 0 saturated heterocycles. The number of nitrogens with zero attached hydrogens (tertiary/aromatic N) is 2. The van der Waals surface area contributed by atoms with E-state index in [2.05, 4.69) is 90.4 Å². The minimum absolute atomic E-state index is 0.703. The van der Waals surface area contributed by atoms with Crippen LogP contribution in [0.4, 0.5) is 0 Å². The first-order valence-electron chi connectivity index (χ1n) is 10.4. The van der Waals surface area contributed by atoms with Crippen LogP contribution in [0.5, 0.6) is 0 Å². The Bertz CT molecular complexity index is 1370. The van der Waals surface area contributed by atoms with Crippen molar-refractivity contribution in [1.82, 2.24) is 9.97 Å². The molecule has 4 aromatic carbocycles. The van der Waals surface area contributed by atoms with Gasteiger partial charge in [0.05, 0.1) is 11.4 Å². The van der Waals surface area contributed by atoms with Crippen molar-refractivity contribution in [2.75, 3.05) is 0 Å².